The predicted molar refractivity (Wildman–Crippen MR) is 61.5 cm³/mol. The zero-order chi connectivity index (χ0) is 12.8. The van der Waals surface area contributed by atoms with Gasteiger partial charge in [-0.1, -0.05) is 0 Å². The smallest absolute Gasteiger partial charge is 0.409 e. The lowest BCUT2D eigenvalue weighted by Crippen LogP contribution is -2.41. The van der Waals surface area contributed by atoms with Crippen LogP contribution in [-0.4, -0.2) is 47.8 Å². The molecule has 1 heterocycles. The molecule has 0 aliphatic carbocycles. The molecule has 1 fully saturated rings. The molecule has 0 aromatic rings. The number of aliphatic carboxylic acids is 1. The molecule has 0 bridgehead atoms. The number of rotatable bonds is 4. The molecule has 1 aliphatic heterocycles. The molecule has 3 N–H and O–H groups in total. The first-order chi connectivity index (χ1) is 8.04. The number of ether oxygens (including phenoxy) is 1. The Hall–Kier alpha value is -1.30. The van der Waals surface area contributed by atoms with Crippen molar-refractivity contribution in [2.75, 3.05) is 19.7 Å². The molecule has 1 saturated heterocycles. The summed E-state index contributed by atoms with van der Waals surface area (Å²) in [4.78, 5) is 23.7. The maximum absolute atomic E-state index is 11.4. The largest absolute Gasteiger partial charge is 0.480 e. The van der Waals surface area contributed by atoms with E-state index < -0.39 is 12.0 Å². The van der Waals surface area contributed by atoms with E-state index in [0.717, 1.165) is 12.8 Å². The van der Waals surface area contributed by atoms with Crippen LogP contribution in [-0.2, 0) is 9.53 Å². The average molecular weight is 244 g/mol. The van der Waals surface area contributed by atoms with Crippen LogP contribution in [0.15, 0.2) is 0 Å². The van der Waals surface area contributed by atoms with Crippen LogP contribution in [0.5, 0.6) is 0 Å². The van der Waals surface area contributed by atoms with Gasteiger partial charge in [-0.15, -0.1) is 0 Å². The van der Waals surface area contributed by atoms with Gasteiger partial charge in [-0.3, -0.25) is 4.79 Å². The Bertz CT molecular complexity index is 275. The van der Waals surface area contributed by atoms with Crippen molar-refractivity contribution in [1.29, 1.82) is 0 Å². The summed E-state index contributed by atoms with van der Waals surface area (Å²) in [5, 5.41) is 8.71. The second-order valence-electron chi connectivity index (χ2n) is 4.31. The summed E-state index contributed by atoms with van der Waals surface area (Å²) < 4.78 is 4.90. The Morgan fingerprint density at radius 2 is 2.06 bits per heavy atom. The van der Waals surface area contributed by atoms with Crippen LogP contribution < -0.4 is 5.73 Å². The topological polar surface area (TPSA) is 92.9 Å². The number of carboxylic acids is 1. The zero-order valence-electron chi connectivity index (χ0n) is 10.1. The molecule has 98 valence electrons. The first-order valence-electron chi connectivity index (χ1n) is 5.94. The van der Waals surface area contributed by atoms with Crippen molar-refractivity contribution < 1.29 is 19.4 Å². The van der Waals surface area contributed by atoms with Gasteiger partial charge in [-0.05, 0) is 32.1 Å². The molecule has 0 radical (unpaired) electrons. The first kappa shape index (κ1) is 13.8. The van der Waals surface area contributed by atoms with Crippen LogP contribution in [0.3, 0.4) is 0 Å². The van der Waals surface area contributed by atoms with E-state index in [-0.39, 0.29) is 12.0 Å². The fourth-order valence-corrected chi connectivity index (χ4v) is 2.03. The molecule has 1 rings (SSSR count). The summed E-state index contributed by atoms with van der Waals surface area (Å²) in [5.74, 6) is -0.676. The van der Waals surface area contributed by atoms with Crippen molar-refractivity contribution in [2.45, 2.75) is 32.2 Å². The number of piperidine rings is 1. The van der Waals surface area contributed by atoms with E-state index in [9.17, 15) is 9.59 Å². The van der Waals surface area contributed by atoms with Crippen LogP contribution in [0.4, 0.5) is 4.79 Å². The molecule has 1 aliphatic rings. The molecule has 1 unspecified atom stereocenters. The van der Waals surface area contributed by atoms with E-state index in [1.165, 1.54) is 0 Å². The number of likely N-dealkylation sites (tertiary alicyclic amines) is 1. The molecule has 6 heteroatoms. The van der Waals surface area contributed by atoms with E-state index in [1.807, 2.05) is 0 Å². The lowest BCUT2D eigenvalue weighted by Gasteiger charge is -2.31. The molecule has 0 aromatic heterocycles. The lowest BCUT2D eigenvalue weighted by atomic mass is 9.90. The van der Waals surface area contributed by atoms with E-state index in [0.29, 0.717) is 26.1 Å². The van der Waals surface area contributed by atoms with Crippen LogP contribution >= 0.6 is 0 Å². The summed E-state index contributed by atoms with van der Waals surface area (Å²) in [6.07, 6.45) is 1.78. The van der Waals surface area contributed by atoms with Gasteiger partial charge in [0.15, 0.2) is 0 Å². The number of amides is 1. The zero-order valence-corrected chi connectivity index (χ0v) is 10.1. The van der Waals surface area contributed by atoms with Gasteiger partial charge in [0.1, 0.15) is 6.04 Å². The monoisotopic (exact) mass is 244 g/mol. The van der Waals surface area contributed by atoms with E-state index in [1.54, 1.807) is 11.8 Å². The van der Waals surface area contributed by atoms with Crippen molar-refractivity contribution in [2.24, 2.45) is 11.7 Å². The van der Waals surface area contributed by atoms with E-state index in [2.05, 4.69) is 0 Å². The van der Waals surface area contributed by atoms with Crippen molar-refractivity contribution in [3.05, 3.63) is 0 Å². The Morgan fingerprint density at radius 1 is 1.47 bits per heavy atom. The highest BCUT2D eigenvalue weighted by molar-refractivity contribution is 5.73. The van der Waals surface area contributed by atoms with Gasteiger partial charge in [0, 0.05) is 13.1 Å². The van der Waals surface area contributed by atoms with Gasteiger partial charge in [0.05, 0.1) is 6.61 Å². The van der Waals surface area contributed by atoms with Crippen molar-refractivity contribution in [3.8, 4) is 0 Å². The second kappa shape index (κ2) is 6.44. The van der Waals surface area contributed by atoms with Gasteiger partial charge in [0.2, 0.25) is 0 Å². The summed E-state index contributed by atoms with van der Waals surface area (Å²) in [7, 11) is 0. The summed E-state index contributed by atoms with van der Waals surface area (Å²) in [6.45, 7) is 3.39. The van der Waals surface area contributed by atoms with Crippen molar-refractivity contribution >= 4 is 12.1 Å². The molecule has 0 saturated carbocycles. The van der Waals surface area contributed by atoms with E-state index in [4.69, 9.17) is 15.6 Å². The molecular formula is C11H20N2O4. The molecule has 0 aromatic carbocycles. The second-order valence-corrected chi connectivity index (χ2v) is 4.31. The Kier molecular flexibility index (Phi) is 5.21. The third-order valence-electron chi connectivity index (χ3n) is 3.05. The Balaban J connectivity index is 2.30. The third kappa shape index (κ3) is 4.22. The van der Waals surface area contributed by atoms with Gasteiger partial charge >= 0.3 is 12.1 Å². The quantitative estimate of drug-likeness (QED) is 0.757. The van der Waals surface area contributed by atoms with Crippen LogP contribution in [0.25, 0.3) is 0 Å². The normalized spacial score (nSPS) is 18.8. The van der Waals surface area contributed by atoms with Gasteiger partial charge in [-0.2, -0.15) is 0 Å². The number of hydrogen-bond donors (Lipinski definition) is 2. The van der Waals surface area contributed by atoms with Gasteiger partial charge < -0.3 is 20.5 Å². The molecule has 1 atom stereocenters. The maximum atomic E-state index is 11.4. The van der Waals surface area contributed by atoms with Crippen LogP contribution in [0.1, 0.15) is 26.2 Å². The van der Waals surface area contributed by atoms with Crippen LogP contribution in [0.2, 0.25) is 0 Å². The highest BCUT2D eigenvalue weighted by Gasteiger charge is 2.26. The molecule has 6 nitrogen and oxygen atoms in total. The molecule has 0 spiro atoms. The summed E-state index contributed by atoms with van der Waals surface area (Å²) in [6, 6.07) is -0.797. The number of nitrogens with zero attached hydrogens (tertiary/aromatic N) is 1. The highest BCUT2D eigenvalue weighted by Crippen LogP contribution is 2.21. The molecule has 1 amide bonds. The predicted octanol–water partition coefficient (Wildman–Crippen LogP) is 0.657. The molecular weight excluding hydrogens is 224 g/mol. The number of hydrogen-bond acceptors (Lipinski definition) is 4. The fourth-order valence-electron chi connectivity index (χ4n) is 2.03. The minimum atomic E-state index is -0.960. The highest BCUT2D eigenvalue weighted by atomic mass is 16.6. The fraction of sp³-hybridized carbons (Fsp3) is 0.818. The number of carbonyl (C=O) groups is 2. The Morgan fingerprint density at radius 3 is 2.53 bits per heavy atom. The van der Waals surface area contributed by atoms with E-state index >= 15 is 0 Å². The lowest BCUT2D eigenvalue weighted by molar-refractivity contribution is -0.139. The number of nitrogens with two attached hydrogens (primary N) is 1. The minimum absolute atomic E-state index is 0.284. The minimum Gasteiger partial charge on any atom is -0.480 e. The SMILES string of the molecule is CCOC(=O)N1CCC(CC(N)C(=O)O)CC1. The van der Waals surface area contributed by atoms with Crippen molar-refractivity contribution in [1.82, 2.24) is 4.90 Å². The van der Waals surface area contributed by atoms with Crippen LogP contribution in [0, 0.1) is 5.92 Å². The first-order valence-corrected chi connectivity index (χ1v) is 5.94. The summed E-state index contributed by atoms with van der Waals surface area (Å²) in [5.41, 5.74) is 5.48. The summed E-state index contributed by atoms with van der Waals surface area (Å²) >= 11 is 0. The number of carboxylic acid groups (broad SMARTS) is 1. The molecule has 17 heavy (non-hydrogen) atoms. The third-order valence-corrected chi connectivity index (χ3v) is 3.05. The van der Waals surface area contributed by atoms with Gasteiger partial charge in [-0.25, -0.2) is 4.79 Å². The standard InChI is InChI=1S/C11H20N2O4/c1-2-17-11(16)13-5-3-8(4-6-13)7-9(12)10(14)15/h8-9H,2-7,12H2,1H3,(H,14,15). The maximum Gasteiger partial charge on any atom is 0.409 e. The Labute approximate surface area is 101 Å². The van der Waals surface area contributed by atoms with Gasteiger partial charge in [0.25, 0.3) is 0 Å². The van der Waals surface area contributed by atoms with Crippen molar-refractivity contribution in [3.63, 3.8) is 0 Å². The average Bonchev–Trinajstić information content (AvgIpc) is 2.30. The number of carbonyl (C=O) groups excluding carboxylic acids is 1.